The lowest BCUT2D eigenvalue weighted by Gasteiger charge is -2.25. The average molecular weight is 247 g/mol. The van der Waals surface area contributed by atoms with E-state index < -0.39 is 0 Å². The van der Waals surface area contributed by atoms with Crippen molar-refractivity contribution in [3.05, 3.63) is 35.4 Å². The van der Waals surface area contributed by atoms with Gasteiger partial charge < -0.3 is 5.32 Å². The molecule has 1 unspecified atom stereocenters. The van der Waals surface area contributed by atoms with Gasteiger partial charge in [0.15, 0.2) is 0 Å². The van der Waals surface area contributed by atoms with Crippen LogP contribution in [0.5, 0.6) is 0 Å². The molecule has 0 amide bonds. The fourth-order valence-corrected chi connectivity index (χ4v) is 1.93. The number of hydrogen-bond donors (Lipinski definition) is 1. The van der Waals surface area contributed by atoms with E-state index in [2.05, 4.69) is 64.2 Å². The molecule has 1 rings (SSSR count). The molecule has 1 heteroatoms. The Kier molecular flexibility index (Phi) is 5.87. The normalized spacial score (nSPS) is 13.6. The second-order valence-electron chi connectivity index (χ2n) is 6.33. The molecule has 1 aromatic carbocycles. The van der Waals surface area contributed by atoms with Gasteiger partial charge in [0.2, 0.25) is 0 Å². The summed E-state index contributed by atoms with van der Waals surface area (Å²) in [6.45, 7) is 12.5. The fraction of sp³-hybridized carbons (Fsp3) is 0.647. The van der Waals surface area contributed by atoms with E-state index in [9.17, 15) is 0 Å². The van der Waals surface area contributed by atoms with Crippen LogP contribution in [0.25, 0.3) is 0 Å². The van der Waals surface area contributed by atoms with Crippen molar-refractivity contribution in [3.63, 3.8) is 0 Å². The van der Waals surface area contributed by atoms with Crippen LogP contribution in [0.15, 0.2) is 24.3 Å². The highest BCUT2D eigenvalue weighted by Gasteiger charge is 2.15. The molecule has 0 aliphatic carbocycles. The Bertz CT molecular complexity index is 354. The predicted octanol–water partition coefficient (Wildman–Crippen LogP) is 4.34. The van der Waals surface area contributed by atoms with Gasteiger partial charge in [0.1, 0.15) is 0 Å². The Hall–Kier alpha value is -0.820. The van der Waals surface area contributed by atoms with Crippen LogP contribution >= 0.6 is 0 Å². The Labute approximate surface area is 113 Å². The van der Waals surface area contributed by atoms with Crippen molar-refractivity contribution in [3.8, 4) is 0 Å². The van der Waals surface area contributed by atoms with Crippen LogP contribution in [0.1, 0.15) is 51.7 Å². The van der Waals surface area contributed by atoms with Crippen LogP contribution in [-0.4, -0.2) is 12.6 Å². The topological polar surface area (TPSA) is 12.0 Å². The summed E-state index contributed by atoms with van der Waals surface area (Å²) in [5.74, 6) is 0. The van der Waals surface area contributed by atoms with Crippen LogP contribution in [0.2, 0.25) is 0 Å². The van der Waals surface area contributed by atoms with Gasteiger partial charge in [0, 0.05) is 12.6 Å². The summed E-state index contributed by atoms with van der Waals surface area (Å²) in [5.41, 5.74) is 3.23. The maximum atomic E-state index is 3.66. The van der Waals surface area contributed by atoms with Crippen molar-refractivity contribution in [1.82, 2.24) is 5.32 Å². The first-order chi connectivity index (χ1) is 8.43. The minimum Gasteiger partial charge on any atom is -0.314 e. The van der Waals surface area contributed by atoms with Crippen LogP contribution in [0.3, 0.4) is 0 Å². The molecule has 1 atom stereocenters. The van der Waals surface area contributed by atoms with E-state index in [1.165, 1.54) is 30.4 Å². The van der Waals surface area contributed by atoms with E-state index >= 15 is 0 Å². The molecule has 1 N–H and O–H groups in total. The van der Waals surface area contributed by atoms with Gasteiger partial charge in [-0.1, -0.05) is 50.6 Å². The molecule has 0 heterocycles. The zero-order valence-corrected chi connectivity index (χ0v) is 12.7. The molecule has 0 spiro atoms. The predicted molar refractivity (Wildman–Crippen MR) is 81.0 cm³/mol. The molecule has 0 aliphatic rings. The summed E-state index contributed by atoms with van der Waals surface area (Å²) in [6.07, 6.45) is 3.61. The van der Waals surface area contributed by atoms with Gasteiger partial charge in [0.25, 0.3) is 0 Å². The van der Waals surface area contributed by atoms with Crippen molar-refractivity contribution in [2.24, 2.45) is 5.41 Å². The number of nitrogens with one attached hydrogen (secondary N) is 1. The second-order valence-corrected chi connectivity index (χ2v) is 6.33. The summed E-state index contributed by atoms with van der Waals surface area (Å²) in [7, 11) is 0. The summed E-state index contributed by atoms with van der Waals surface area (Å²) in [5, 5.41) is 3.66. The van der Waals surface area contributed by atoms with Crippen molar-refractivity contribution in [1.29, 1.82) is 0 Å². The third kappa shape index (κ3) is 5.68. The Morgan fingerprint density at radius 1 is 1.28 bits per heavy atom. The van der Waals surface area contributed by atoms with Crippen LogP contribution in [-0.2, 0) is 6.42 Å². The van der Waals surface area contributed by atoms with E-state index in [-0.39, 0.29) is 0 Å². The summed E-state index contributed by atoms with van der Waals surface area (Å²) in [4.78, 5) is 0. The van der Waals surface area contributed by atoms with E-state index in [0.29, 0.717) is 11.5 Å². The Balaban J connectivity index is 2.31. The zero-order chi connectivity index (χ0) is 13.6. The van der Waals surface area contributed by atoms with Crippen LogP contribution in [0, 0.1) is 12.3 Å². The van der Waals surface area contributed by atoms with E-state index in [4.69, 9.17) is 0 Å². The van der Waals surface area contributed by atoms with Gasteiger partial charge in [-0.2, -0.15) is 0 Å². The van der Waals surface area contributed by atoms with Gasteiger partial charge >= 0.3 is 0 Å². The lowest BCUT2D eigenvalue weighted by molar-refractivity contribution is 0.308. The van der Waals surface area contributed by atoms with Crippen molar-refractivity contribution in [2.45, 2.75) is 59.9 Å². The largest absolute Gasteiger partial charge is 0.314 e. The SMILES string of the molecule is CCC(C)(C)CNC(C)CCc1cccc(C)c1. The van der Waals surface area contributed by atoms with Crippen molar-refractivity contribution >= 4 is 0 Å². The molecule has 0 aromatic heterocycles. The quantitative estimate of drug-likeness (QED) is 0.755. The standard InChI is InChI=1S/C17H29N/c1-6-17(4,5)13-18-15(3)10-11-16-9-7-8-14(2)12-16/h7-9,12,15,18H,6,10-11,13H2,1-5H3. The third-order valence-corrected chi connectivity index (χ3v) is 3.83. The monoisotopic (exact) mass is 247 g/mol. The van der Waals surface area contributed by atoms with Gasteiger partial charge in [-0.05, 0) is 44.1 Å². The minimum absolute atomic E-state index is 0.414. The first kappa shape index (κ1) is 15.2. The number of hydrogen-bond acceptors (Lipinski definition) is 1. The molecule has 0 radical (unpaired) electrons. The third-order valence-electron chi connectivity index (χ3n) is 3.83. The zero-order valence-electron chi connectivity index (χ0n) is 12.7. The maximum absolute atomic E-state index is 3.66. The lowest BCUT2D eigenvalue weighted by atomic mass is 9.90. The van der Waals surface area contributed by atoms with E-state index in [1.54, 1.807) is 0 Å². The maximum Gasteiger partial charge on any atom is 0.00421 e. The van der Waals surface area contributed by atoms with Gasteiger partial charge in [-0.25, -0.2) is 0 Å². The Morgan fingerprint density at radius 3 is 2.61 bits per heavy atom. The molecule has 0 fully saturated rings. The average Bonchev–Trinajstić information content (AvgIpc) is 2.34. The van der Waals surface area contributed by atoms with Crippen LogP contribution < -0.4 is 5.32 Å². The highest BCUT2D eigenvalue weighted by Crippen LogP contribution is 2.18. The van der Waals surface area contributed by atoms with Crippen molar-refractivity contribution in [2.75, 3.05) is 6.54 Å². The second kappa shape index (κ2) is 6.94. The summed E-state index contributed by atoms with van der Waals surface area (Å²) >= 11 is 0. The number of benzene rings is 1. The highest BCUT2D eigenvalue weighted by atomic mass is 14.9. The fourth-order valence-electron chi connectivity index (χ4n) is 1.93. The van der Waals surface area contributed by atoms with Gasteiger partial charge in [0.05, 0.1) is 0 Å². The lowest BCUT2D eigenvalue weighted by Crippen LogP contribution is -2.35. The van der Waals surface area contributed by atoms with Gasteiger partial charge in [-0.3, -0.25) is 0 Å². The molecule has 0 aliphatic heterocycles. The van der Waals surface area contributed by atoms with E-state index in [0.717, 1.165) is 6.54 Å². The van der Waals surface area contributed by atoms with E-state index in [1.807, 2.05) is 0 Å². The smallest absolute Gasteiger partial charge is 0.00421 e. The molecule has 0 saturated carbocycles. The highest BCUT2D eigenvalue weighted by molar-refractivity contribution is 5.22. The van der Waals surface area contributed by atoms with Crippen LogP contribution in [0.4, 0.5) is 0 Å². The first-order valence-electron chi connectivity index (χ1n) is 7.22. The first-order valence-corrected chi connectivity index (χ1v) is 7.22. The van der Waals surface area contributed by atoms with Crippen molar-refractivity contribution < 1.29 is 0 Å². The summed E-state index contributed by atoms with van der Waals surface area (Å²) in [6, 6.07) is 9.44. The molecule has 0 bridgehead atoms. The molecule has 1 nitrogen and oxygen atoms in total. The molecule has 18 heavy (non-hydrogen) atoms. The molecular formula is C17H29N. The number of aryl methyl sites for hydroxylation is 2. The number of rotatable bonds is 7. The van der Waals surface area contributed by atoms with Gasteiger partial charge in [-0.15, -0.1) is 0 Å². The molecule has 102 valence electrons. The molecular weight excluding hydrogens is 218 g/mol. The minimum atomic E-state index is 0.414. The summed E-state index contributed by atoms with van der Waals surface area (Å²) < 4.78 is 0. The molecule has 0 saturated heterocycles. The molecule has 1 aromatic rings. The Morgan fingerprint density at radius 2 is 2.00 bits per heavy atom.